The Balaban J connectivity index is 1.99. The second kappa shape index (κ2) is 5.82. The highest BCUT2D eigenvalue weighted by molar-refractivity contribution is 5.10. The van der Waals surface area contributed by atoms with Crippen LogP contribution in [0.1, 0.15) is 20.3 Å². The average molecular weight is 241 g/mol. The van der Waals surface area contributed by atoms with Crippen LogP contribution in [0.2, 0.25) is 0 Å². The molecule has 0 spiro atoms. The fourth-order valence-corrected chi connectivity index (χ4v) is 2.39. The molecule has 17 heavy (non-hydrogen) atoms. The molecular formula is C12H23N3O2. The Kier molecular flexibility index (Phi) is 4.39. The molecule has 2 atom stereocenters. The molecule has 0 bridgehead atoms. The molecule has 5 nitrogen and oxygen atoms in total. The first-order chi connectivity index (χ1) is 8.22. The predicted molar refractivity (Wildman–Crippen MR) is 66.2 cm³/mol. The van der Waals surface area contributed by atoms with E-state index in [1.807, 2.05) is 0 Å². The molecule has 1 fully saturated rings. The van der Waals surface area contributed by atoms with Gasteiger partial charge in [0, 0.05) is 25.6 Å². The molecule has 5 heteroatoms. The molecule has 0 aromatic rings. The van der Waals surface area contributed by atoms with E-state index in [-0.39, 0.29) is 12.1 Å². The third kappa shape index (κ3) is 2.98. The highest BCUT2D eigenvalue weighted by Gasteiger charge is 2.32. The Morgan fingerprint density at radius 1 is 1.47 bits per heavy atom. The van der Waals surface area contributed by atoms with Gasteiger partial charge in [-0.05, 0) is 19.9 Å². The number of hydrazine groups is 1. The molecule has 0 aromatic heterocycles. The fourth-order valence-electron chi connectivity index (χ4n) is 2.39. The van der Waals surface area contributed by atoms with Gasteiger partial charge >= 0.3 is 0 Å². The van der Waals surface area contributed by atoms with Crippen LogP contribution in [-0.4, -0.2) is 49.4 Å². The van der Waals surface area contributed by atoms with Crippen molar-refractivity contribution in [3.8, 4) is 0 Å². The molecule has 2 aliphatic rings. The maximum Gasteiger partial charge on any atom is 0.113 e. The van der Waals surface area contributed by atoms with Crippen molar-refractivity contribution in [3.05, 3.63) is 11.8 Å². The summed E-state index contributed by atoms with van der Waals surface area (Å²) < 4.78 is 11.4. The lowest BCUT2D eigenvalue weighted by Crippen LogP contribution is -2.56. The summed E-state index contributed by atoms with van der Waals surface area (Å²) >= 11 is 0. The van der Waals surface area contributed by atoms with Gasteiger partial charge in [-0.15, -0.1) is 0 Å². The van der Waals surface area contributed by atoms with Crippen molar-refractivity contribution in [1.29, 1.82) is 0 Å². The summed E-state index contributed by atoms with van der Waals surface area (Å²) in [4.78, 5) is 2.41. The molecule has 0 aliphatic carbocycles. The van der Waals surface area contributed by atoms with Crippen molar-refractivity contribution < 1.29 is 9.47 Å². The summed E-state index contributed by atoms with van der Waals surface area (Å²) in [6.07, 6.45) is 3.14. The molecular weight excluding hydrogens is 218 g/mol. The molecule has 3 N–H and O–H groups in total. The number of hydrogen-bond acceptors (Lipinski definition) is 5. The van der Waals surface area contributed by atoms with Crippen molar-refractivity contribution in [2.75, 3.05) is 26.3 Å². The summed E-state index contributed by atoms with van der Waals surface area (Å²) in [5, 5.41) is 0. The van der Waals surface area contributed by atoms with Crippen LogP contribution in [-0.2, 0) is 9.47 Å². The van der Waals surface area contributed by atoms with E-state index in [1.165, 1.54) is 0 Å². The van der Waals surface area contributed by atoms with Crippen LogP contribution in [0, 0.1) is 0 Å². The number of hydrogen-bond donors (Lipinski definition) is 2. The van der Waals surface area contributed by atoms with Crippen LogP contribution < -0.4 is 11.3 Å². The van der Waals surface area contributed by atoms with Crippen LogP contribution in [0.15, 0.2) is 11.8 Å². The van der Waals surface area contributed by atoms with E-state index in [0.29, 0.717) is 6.04 Å². The van der Waals surface area contributed by atoms with Gasteiger partial charge in [-0.1, -0.05) is 0 Å². The minimum Gasteiger partial charge on any atom is -0.496 e. The number of nitrogens with one attached hydrogen (secondary N) is 1. The topological polar surface area (TPSA) is 59.8 Å². The zero-order valence-corrected chi connectivity index (χ0v) is 10.7. The SMILES string of the molecule is CC(C)N1CCOC(C(NN)C2=CCCO2)C1. The second-order valence-corrected chi connectivity index (χ2v) is 4.89. The van der Waals surface area contributed by atoms with Gasteiger partial charge < -0.3 is 9.47 Å². The minimum atomic E-state index is -0.0287. The zero-order chi connectivity index (χ0) is 12.3. The van der Waals surface area contributed by atoms with E-state index < -0.39 is 0 Å². The van der Waals surface area contributed by atoms with E-state index in [1.54, 1.807) is 0 Å². The molecule has 2 unspecified atom stereocenters. The van der Waals surface area contributed by atoms with Crippen molar-refractivity contribution in [3.63, 3.8) is 0 Å². The Morgan fingerprint density at radius 2 is 2.29 bits per heavy atom. The lowest BCUT2D eigenvalue weighted by atomic mass is 10.1. The zero-order valence-electron chi connectivity index (χ0n) is 10.7. The first kappa shape index (κ1) is 12.8. The van der Waals surface area contributed by atoms with Crippen molar-refractivity contribution in [2.24, 2.45) is 5.84 Å². The summed E-state index contributed by atoms with van der Waals surface area (Å²) in [6.45, 7) is 7.82. The van der Waals surface area contributed by atoms with Crippen LogP contribution >= 0.6 is 0 Å². The Bertz CT molecular complexity index is 281. The molecule has 0 radical (unpaired) electrons. The molecule has 98 valence electrons. The second-order valence-electron chi connectivity index (χ2n) is 4.89. The lowest BCUT2D eigenvalue weighted by Gasteiger charge is -2.38. The van der Waals surface area contributed by atoms with Crippen LogP contribution in [0.3, 0.4) is 0 Å². The Morgan fingerprint density at radius 3 is 2.88 bits per heavy atom. The molecule has 1 saturated heterocycles. The number of nitrogens with zero attached hydrogens (tertiary/aromatic N) is 1. The Hall–Kier alpha value is -0.620. The highest BCUT2D eigenvalue weighted by Crippen LogP contribution is 2.20. The van der Waals surface area contributed by atoms with E-state index in [2.05, 4.69) is 30.2 Å². The third-order valence-electron chi connectivity index (χ3n) is 3.45. The Labute approximate surface area is 103 Å². The smallest absolute Gasteiger partial charge is 0.113 e. The molecule has 0 aromatic carbocycles. The highest BCUT2D eigenvalue weighted by atomic mass is 16.5. The summed E-state index contributed by atoms with van der Waals surface area (Å²) in [5.74, 6) is 6.57. The van der Waals surface area contributed by atoms with Crippen LogP contribution in [0.25, 0.3) is 0 Å². The van der Waals surface area contributed by atoms with E-state index in [9.17, 15) is 0 Å². The van der Waals surface area contributed by atoms with Gasteiger partial charge in [0.05, 0.1) is 19.3 Å². The molecule has 2 heterocycles. The number of rotatable bonds is 4. The molecule has 0 saturated carbocycles. The third-order valence-corrected chi connectivity index (χ3v) is 3.45. The summed E-state index contributed by atoms with van der Waals surface area (Å²) in [5.41, 5.74) is 2.83. The van der Waals surface area contributed by atoms with Gasteiger partial charge in [-0.2, -0.15) is 0 Å². The van der Waals surface area contributed by atoms with Crippen molar-refractivity contribution in [2.45, 2.75) is 38.5 Å². The first-order valence-electron chi connectivity index (χ1n) is 6.37. The average Bonchev–Trinajstić information content (AvgIpc) is 2.84. The van der Waals surface area contributed by atoms with E-state index >= 15 is 0 Å². The molecule has 2 rings (SSSR count). The van der Waals surface area contributed by atoms with E-state index in [0.717, 1.165) is 38.5 Å². The number of nitrogens with two attached hydrogens (primary N) is 1. The van der Waals surface area contributed by atoms with Crippen molar-refractivity contribution >= 4 is 0 Å². The maximum atomic E-state index is 5.82. The van der Waals surface area contributed by atoms with Crippen LogP contribution in [0.5, 0.6) is 0 Å². The standard InChI is InChI=1S/C12H23N3O2/c1-9(2)15-5-7-17-11(8-15)12(14-13)10-4-3-6-16-10/h4,9,11-12,14H,3,5-8,13H2,1-2H3. The molecule has 0 amide bonds. The quantitative estimate of drug-likeness (QED) is 0.545. The number of morpholine rings is 1. The largest absolute Gasteiger partial charge is 0.496 e. The van der Waals surface area contributed by atoms with E-state index in [4.69, 9.17) is 15.3 Å². The van der Waals surface area contributed by atoms with Crippen molar-refractivity contribution in [1.82, 2.24) is 10.3 Å². The maximum absolute atomic E-state index is 5.82. The minimum absolute atomic E-state index is 0.0287. The van der Waals surface area contributed by atoms with Gasteiger partial charge in [0.1, 0.15) is 11.8 Å². The first-order valence-corrected chi connectivity index (χ1v) is 6.37. The van der Waals surface area contributed by atoms with Gasteiger partial charge in [0.25, 0.3) is 0 Å². The number of ether oxygens (including phenoxy) is 2. The normalized spacial score (nSPS) is 28.0. The fraction of sp³-hybridized carbons (Fsp3) is 0.833. The van der Waals surface area contributed by atoms with Crippen LogP contribution in [0.4, 0.5) is 0 Å². The van der Waals surface area contributed by atoms with Gasteiger partial charge in [0.15, 0.2) is 0 Å². The monoisotopic (exact) mass is 241 g/mol. The van der Waals surface area contributed by atoms with Gasteiger partial charge in [-0.3, -0.25) is 10.7 Å². The predicted octanol–water partition coefficient (Wildman–Crippen LogP) is 0.232. The summed E-state index contributed by atoms with van der Waals surface area (Å²) in [7, 11) is 0. The van der Waals surface area contributed by atoms with Gasteiger partial charge in [-0.25, -0.2) is 5.43 Å². The lowest BCUT2D eigenvalue weighted by molar-refractivity contribution is -0.0563. The molecule has 2 aliphatic heterocycles. The summed E-state index contributed by atoms with van der Waals surface area (Å²) in [6, 6.07) is 0.511. The van der Waals surface area contributed by atoms with Gasteiger partial charge in [0.2, 0.25) is 0 Å².